The quantitative estimate of drug-likeness (QED) is 0.746. The molecule has 2 nitrogen and oxygen atoms in total. The Kier molecular flexibility index (Phi) is 2.22. The van der Waals surface area contributed by atoms with Crippen molar-refractivity contribution in [1.29, 1.82) is 0 Å². The largest absolute Gasteiger partial charge is 0.497 e. The van der Waals surface area contributed by atoms with Gasteiger partial charge in [0.1, 0.15) is 5.75 Å². The fourth-order valence-electron chi connectivity index (χ4n) is 1.55. The first-order valence-corrected chi connectivity index (χ1v) is 5.20. The van der Waals surface area contributed by atoms with Gasteiger partial charge in [-0.25, -0.2) is 0 Å². The lowest BCUT2D eigenvalue weighted by Crippen LogP contribution is -2.15. The molecule has 1 aromatic rings. The van der Waals surface area contributed by atoms with E-state index in [4.69, 9.17) is 10.5 Å². The molecular formula is C10H13NOS. The highest BCUT2D eigenvalue weighted by Crippen LogP contribution is 2.43. The first-order valence-electron chi connectivity index (χ1n) is 4.32. The Morgan fingerprint density at radius 3 is 2.92 bits per heavy atom. The Morgan fingerprint density at radius 2 is 2.23 bits per heavy atom. The zero-order valence-corrected chi connectivity index (χ0v) is 8.60. The van der Waals surface area contributed by atoms with Crippen molar-refractivity contribution in [3.05, 3.63) is 23.8 Å². The number of fused-ring (bicyclic) bond motifs is 1. The third kappa shape index (κ3) is 1.42. The van der Waals surface area contributed by atoms with Crippen molar-refractivity contribution in [2.45, 2.75) is 23.1 Å². The van der Waals surface area contributed by atoms with Crippen molar-refractivity contribution in [3.63, 3.8) is 0 Å². The Bertz CT molecular complexity index is 327. The molecule has 2 atom stereocenters. The molecule has 1 aliphatic heterocycles. The van der Waals surface area contributed by atoms with Crippen molar-refractivity contribution in [2.75, 3.05) is 7.11 Å². The number of methoxy groups -OCH3 is 1. The lowest BCUT2D eigenvalue weighted by Gasteiger charge is -2.08. The number of hydrogen-bond donors (Lipinski definition) is 1. The highest BCUT2D eigenvalue weighted by Gasteiger charge is 2.26. The van der Waals surface area contributed by atoms with Crippen LogP contribution in [0.1, 0.15) is 18.5 Å². The highest BCUT2D eigenvalue weighted by atomic mass is 32.2. The minimum Gasteiger partial charge on any atom is -0.497 e. The fourth-order valence-corrected chi connectivity index (χ4v) is 2.76. The number of nitrogens with two attached hydrogens (primary N) is 1. The lowest BCUT2D eigenvalue weighted by atomic mass is 10.1. The van der Waals surface area contributed by atoms with E-state index >= 15 is 0 Å². The zero-order valence-electron chi connectivity index (χ0n) is 7.78. The van der Waals surface area contributed by atoms with E-state index in [9.17, 15) is 0 Å². The predicted octanol–water partition coefficient (Wildman–Crippen LogP) is 2.19. The summed E-state index contributed by atoms with van der Waals surface area (Å²) < 4.78 is 5.16. The van der Waals surface area contributed by atoms with Crippen LogP contribution in [0, 0.1) is 0 Å². The monoisotopic (exact) mass is 195 g/mol. The van der Waals surface area contributed by atoms with E-state index in [1.807, 2.05) is 17.8 Å². The van der Waals surface area contributed by atoms with Crippen LogP contribution in [-0.2, 0) is 0 Å². The topological polar surface area (TPSA) is 35.2 Å². The molecule has 0 saturated heterocycles. The van der Waals surface area contributed by atoms with Crippen LogP contribution in [-0.4, -0.2) is 12.4 Å². The van der Waals surface area contributed by atoms with Crippen LogP contribution in [0.25, 0.3) is 0 Å². The standard InChI is InChI=1S/C10H13NOS/c1-6-10(11)8-4-3-7(12-2)5-9(8)13-6/h3-6,10H,11H2,1-2H3. The SMILES string of the molecule is COc1ccc2c(c1)SC(C)C2N. The average molecular weight is 195 g/mol. The molecule has 0 aromatic heterocycles. The van der Waals surface area contributed by atoms with Crippen LogP contribution in [0.2, 0.25) is 0 Å². The molecule has 0 spiro atoms. The Labute approximate surface area is 82.5 Å². The van der Waals surface area contributed by atoms with E-state index < -0.39 is 0 Å². The maximum atomic E-state index is 6.02. The van der Waals surface area contributed by atoms with Crippen molar-refractivity contribution < 1.29 is 4.74 Å². The molecular weight excluding hydrogens is 182 g/mol. The first kappa shape index (κ1) is 8.91. The summed E-state index contributed by atoms with van der Waals surface area (Å²) in [5, 5.41) is 0.474. The summed E-state index contributed by atoms with van der Waals surface area (Å²) in [6.07, 6.45) is 0. The van der Waals surface area contributed by atoms with Crippen LogP contribution in [0.4, 0.5) is 0 Å². The highest BCUT2D eigenvalue weighted by molar-refractivity contribution is 8.00. The fraction of sp³-hybridized carbons (Fsp3) is 0.400. The van der Waals surface area contributed by atoms with E-state index in [1.165, 1.54) is 10.5 Å². The minimum absolute atomic E-state index is 0.172. The molecule has 0 amide bonds. The van der Waals surface area contributed by atoms with Crippen LogP contribution < -0.4 is 10.5 Å². The molecule has 1 aromatic carbocycles. The Morgan fingerprint density at radius 1 is 1.46 bits per heavy atom. The van der Waals surface area contributed by atoms with E-state index in [0.717, 1.165) is 5.75 Å². The van der Waals surface area contributed by atoms with Gasteiger partial charge in [0, 0.05) is 16.2 Å². The zero-order chi connectivity index (χ0) is 9.42. The first-order chi connectivity index (χ1) is 6.22. The molecule has 0 aliphatic carbocycles. The smallest absolute Gasteiger partial charge is 0.119 e. The van der Waals surface area contributed by atoms with Gasteiger partial charge in [0.05, 0.1) is 7.11 Å². The normalized spacial score (nSPS) is 25.8. The van der Waals surface area contributed by atoms with Crippen LogP contribution in [0.3, 0.4) is 0 Å². The minimum atomic E-state index is 0.172. The van der Waals surface area contributed by atoms with Gasteiger partial charge in [-0.05, 0) is 17.7 Å². The summed E-state index contributed by atoms with van der Waals surface area (Å²) in [7, 11) is 1.69. The number of hydrogen-bond acceptors (Lipinski definition) is 3. The maximum Gasteiger partial charge on any atom is 0.119 e. The van der Waals surface area contributed by atoms with Crippen LogP contribution >= 0.6 is 11.8 Å². The molecule has 0 fully saturated rings. The summed E-state index contributed by atoms with van der Waals surface area (Å²) >= 11 is 1.82. The van der Waals surface area contributed by atoms with Gasteiger partial charge in [-0.2, -0.15) is 0 Å². The van der Waals surface area contributed by atoms with Gasteiger partial charge in [0.2, 0.25) is 0 Å². The number of rotatable bonds is 1. The number of thioether (sulfide) groups is 1. The molecule has 1 aliphatic rings. The van der Waals surface area contributed by atoms with Gasteiger partial charge in [-0.15, -0.1) is 11.8 Å². The van der Waals surface area contributed by atoms with Crippen molar-refractivity contribution in [2.24, 2.45) is 5.73 Å². The van der Waals surface area contributed by atoms with E-state index in [-0.39, 0.29) is 6.04 Å². The molecule has 2 unspecified atom stereocenters. The van der Waals surface area contributed by atoms with Gasteiger partial charge in [0.25, 0.3) is 0 Å². The van der Waals surface area contributed by atoms with Crippen molar-refractivity contribution >= 4 is 11.8 Å². The lowest BCUT2D eigenvalue weighted by molar-refractivity contribution is 0.413. The van der Waals surface area contributed by atoms with E-state index in [2.05, 4.69) is 19.1 Å². The van der Waals surface area contributed by atoms with Crippen molar-refractivity contribution in [1.82, 2.24) is 0 Å². The Hall–Kier alpha value is -0.670. The van der Waals surface area contributed by atoms with Crippen LogP contribution in [0.15, 0.2) is 23.1 Å². The molecule has 0 radical (unpaired) electrons. The third-order valence-electron chi connectivity index (χ3n) is 2.40. The molecule has 1 heterocycles. The van der Waals surface area contributed by atoms with Gasteiger partial charge in [-0.1, -0.05) is 13.0 Å². The summed E-state index contributed by atoms with van der Waals surface area (Å²) in [4.78, 5) is 1.26. The van der Waals surface area contributed by atoms with Crippen molar-refractivity contribution in [3.8, 4) is 5.75 Å². The number of benzene rings is 1. The summed E-state index contributed by atoms with van der Waals surface area (Å²) in [6, 6.07) is 6.27. The number of ether oxygens (including phenoxy) is 1. The summed E-state index contributed by atoms with van der Waals surface area (Å²) in [5.74, 6) is 0.910. The van der Waals surface area contributed by atoms with Gasteiger partial charge in [0.15, 0.2) is 0 Å². The molecule has 70 valence electrons. The molecule has 2 rings (SSSR count). The van der Waals surface area contributed by atoms with Crippen LogP contribution in [0.5, 0.6) is 5.75 Å². The molecule has 0 bridgehead atoms. The molecule has 3 heteroatoms. The Balaban J connectivity index is 2.40. The van der Waals surface area contributed by atoms with Gasteiger partial charge >= 0.3 is 0 Å². The second kappa shape index (κ2) is 3.24. The average Bonchev–Trinajstić information content (AvgIpc) is 2.42. The summed E-state index contributed by atoms with van der Waals surface area (Å²) in [6.45, 7) is 2.15. The van der Waals surface area contributed by atoms with E-state index in [1.54, 1.807) is 7.11 Å². The second-order valence-electron chi connectivity index (χ2n) is 3.25. The van der Waals surface area contributed by atoms with Gasteiger partial charge < -0.3 is 10.5 Å². The molecule has 13 heavy (non-hydrogen) atoms. The van der Waals surface area contributed by atoms with E-state index in [0.29, 0.717) is 5.25 Å². The second-order valence-corrected chi connectivity index (χ2v) is 4.67. The predicted molar refractivity (Wildman–Crippen MR) is 55.2 cm³/mol. The molecule has 2 N–H and O–H groups in total. The van der Waals surface area contributed by atoms with Gasteiger partial charge in [-0.3, -0.25) is 0 Å². The summed E-state index contributed by atoms with van der Waals surface area (Å²) in [5.41, 5.74) is 7.27. The maximum absolute atomic E-state index is 6.02. The molecule has 0 saturated carbocycles. The third-order valence-corrected chi connectivity index (χ3v) is 3.67.